The molecule has 0 unspecified atom stereocenters. The predicted molar refractivity (Wildman–Crippen MR) is 55.3 cm³/mol. The van der Waals surface area contributed by atoms with Crippen LogP contribution in [0.2, 0.25) is 0 Å². The molecular weight excluding hydrogens is 160 g/mol. The third-order valence-corrected chi connectivity index (χ3v) is 2.04. The van der Waals surface area contributed by atoms with Gasteiger partial charge in [-0.3, -0.25) is 0 Å². The van der Waals surface area contributed by atoms with Crippen LogP contribution in [0.5, 0.6) is 0 Å². The van der Waals surface area contributed by atoms with Gasteiger partial charge in [0.25, 0.3) is 0 Å². The quantitative estimate of drug-likeness (QED) is 0.736. The Morgan fingerprint density at radius 3 is 2.54 bits per heavy atom. The second kappa shape index (κ2) is 3.35. The van der Waals surface area contributed by atoms with Gasteiger partial charge in [0.1, 0.15) is 0 Å². The fourth-order valence-corrected chi connectivity index (χ4v) is 1.33. The molecule has 2 heteroatoms. The molecule has 1 aromatic heterocycles. The molecule has 1 aromatic carbocycles. The minimum Gasteiger partial charge on any atom is -0.388 e. The summed E-state index contributed by atoms with van der Waals surface area (Å²) >= 11 is 0. The predicted octanol–water partition coefficient (Wildman–Crippen LogP) is 2.52. The van der Waals surface area contributed by atoms with Gasteiger partial charge in [0.2, 0.25) is 0 Å². The average molecular weight is 172 g/mol. The molecule has 0 fully saturated rings. The second-order valence-electron chi connectivity index (χ2n) is 2.89. The number of hydrogen-bond donors (Lipinski definition) is 1. The van der Waals surface area contributed by atoms with E-state index in [1.807, 2.05) is 43.7 Å². The van der Waals surface area contributed by atoms with Crippen molar-refractivity contribution in [3.05, 3.63) is 48.8 Å². The molecule has 0 amide bonds. The molecule has 2 aromatic rings. The maximum Gasteiger partial charge on any atom is 0.0469 e. The fourth-order valence-electron chi connectivity index (χ4n) is 1.33. The average Bonchev–Trinajstić information content (AvgIpc) is 2.71. The SMILES string of the molecule is CNc1cccc(-n2cccc2)c1. The molecule has 0 bridgehead atoms. The lowest BCUT2D eigenvalue weighted by molar-refractivity contribution is 1.08. The fraction of sp³-hybridized carbons (Fsp3) is 0.0909. The molecule has 0 radical (unpaired) electrons. The second-order valence-corrected chi connectivity index (χ2v) is 2.89. The number of benzene rings is 1. The largest absolute Gasteiger partial charge is 0.388 e. The normalized spacial score (nSPS) is 9.92. The first-order chi connectivity index (χ1) is 6.40. The maximum absolute atomic E-state index is 3.12. The molecule has 0 spiro atoms. The lowest BCUT2D eigenvalue weighted by Crippen LogP contribution is -1.92. The first-order valence-corrected chi connectivity index (χ1v) is 4.31. The molecule has 66 valence electrons. The summed E-state index contributed by atoms with van der Waals surface area (Å²) < 4.78 is 2.08. The number of rotatable bonds is 2. The van der Waals surface area contributed by atoms with Crippen LogP contribution in [0.1, 0.15) is 0 Å². The van der Waals surface area contributed by atoms with Crippen molar-refractivity contribution < 1.29 is 0 Å². The van der Waals surface area contributed by atoms with Crippen LogP contribution in [0.3, 0.4) is 0 Å². The standard InChI is InChI=1S/C11H12N2/c1-12-10-5-4-6-11(9-10)13-7-2-3-8-13/h2-9,12H,1H3. The zero-order valence-electron chi connectivity index (χ0n) is 7.57. The van der Waals surface area contributed by atoms with E-state index >= 15 is 0 Å². The van der Waals surface area contributed by atoms with Gasteiger partial charge in [-0.05, 0) is 30.3 Å². The maximum atomic E-state index is 3.12. The van der Waals surface area contributed by atoms with E-state index in [0.29, 0.717) is 0 Å². The zero-order chi connectivity index (χ0) is 9.10. The summed E-state index contributed by atoms with van der Waals surface area (Å²) in [6.45, 7) is 0. The Morgan fingerprint density at radius 1 is 1.08 bits per heavy atom. The van der Waals surface area contributed by atoms with Crippen molar-refractivity contribution in [3.8, 4) is 5.69 Å². The monoisotopic (exact) mass is 172 g/mol. The first kappa shape index (κ1) is 7.92. The van der Waals surface area contributed by atoms with E-state index in [4.69, 9.17) is 0 Å². The van der Waals surface area contributed by atoms with E-state index in [9.17, 15) is 0 Å². The smallest absolute Gasteiger partial charge is 0.0469 e. The summed E-state index contributed by atoms with van der Waals surface area (Å²) in [4.78, 5) is 0. The van der Waals surface area contributed by atoms with Gasteiger partial charge in [-0.15, -0.1) is 0 Å². The summed E-state index contributed by atoms with van der Waals surface area (Å²) in [5.74, 6) is 0. The molecule has 0 aliphatic carbocycles. The van der Waals surface area contributed by atoms with Gasteiger partial charge in [-0.2, -0.15) is 0 Å². The summed E-state index contributed by atoms with van der Waals surface area (Å²) in [5.41, 5.74) is 2.31. The van der Waals surface area contributed by atoms with Crippen LogP contribution < -0.4 is 5.32 Å². The molecule has 0 aliphatic heterocycles. The van der Waals surface area contributed by atoms with Gasteiger partial charge < -0.3 is 9.88 Å². The third kappa shape index (κ3) is 1.56. The Hall–Kier alpha value is -1.70. The van der Waals surface area contributed by atoms with Gasteiger partial charge in [0.05, 0.1) is 0 Å². The minimum absolute atomic E-state index is 1.13. The van der Waals surface area contributed by atoms with Gasteiger partial charge >= 0.3 is 0 Å². The Kier molecular flexibility index (Phi) is 2.04. The molecule has 13 heavy (non-hydrogen) atoms. The van der Waals surface area contributed by atoms with E-state index in [1.165, 1.54) is 5.69 Å². The van der Waals surface area contributed by atoms with Crippen LogP contribution in [-0.2, 0) is 0 Å². The topological polar surface area (TPSA) is 17.0 Å². The Labute approximate surface area is 77.8 Å². The first-order valence-electron chi connectivity index (χ1n) is 4.31. The van der Waals surface area contributed by atoms with Crippen molar-refractivity contribution in [2.45, 2.75) is 0 Å². The molecule has 2 nitrogen and oxygen atoms in total. The highest BCUT2D eigenvalue weighted by Crippen LogP contribution is 2.13. The third-order valence-electron chi connectivity index (χ3n) is 2.04. The number of nitrogens with zero attached hydrogens (tertiary/aromatic N) is 1. The molecule has 2 rings (SSSR count). The van der Waals surface area contributed by atoms with Crippen LogP contribution in [0.4, 0.5) is 5.69 Å². The summed E-state index contributed by atoms with van der Waals surface area (Å²) in [6, 6.07) is 12.3. The van der Waals surface area contributed by atoms with E-state index in [-0.39, 0.29) is 0 Å². The van der Waals surface area contributed by atoms with E-state index in [2.05, 4.69) is 22.0 Å². The molecule has 0 saturated carbocycles. The summed E-state index contributed by atoms with van der Waals surface area (Å²) in [5, 5.41) is 3.12. The van der Waals surface area contributed by atoms with Crippen molar-refractivity contribution in [1.82, 2.24) is 4.57 Å². The molecular formula is C11H12N2. The zero-order valence-corrected chi connectivity index (χ0v) is 7.57. The minimum atomic E-state index is 1.13. The van der Waals surface area contributed by atoms with Gasteiger partial charge in [0.15, 0.2) is 0 Å². The Morgan fingerprint density at radius 2 is 1.85 bits per heavy atom. The Balaban J connectivity index is 2.41. The molecule has 0 saturated heterocycles. The van der Waals surface area contributed by atoms with Crippen molar-refractivity contribution in [1.29, 1.82) is 0 Å². The van der Waals surface area contributed by atoms with Crippen LogP contribution in [0.15, 0.2) is 48.8 Å². The van der Waals surface area contributed by atoms with Crippen LogP contribution in [0.25, 0.3) is 5.69 Å². The van der Waals surface area contributed by atoms with Crippen molar-refractivity contribution in [2.24, 2.45) is 0 Å². The molecule has 0 atom stereocenters. The number of anilines is 1. The van der Waals surface area contributed by atoms with Crippen molar-refractivity contribution in [3.63, 3.8) is 0 Å². The van der Waals surface area contributed by atoms with Gasteiger partial charge in [-0.1, -0.05) is 6.07 Å². The highest BCUT2D eigenvalue weighted by molar-refractivity contribution is 5.50. The van der Waals surface area contributed by atoms with E-state index < -0.39 is 0 Å². The molecule has 1 N–H and O–H groups in total. The van der Waals surface area contributed by atoms with Crippen LogP contribution >= 0.6 is 0 Å². The van der Waals surface area contributed by atoms with Gasteiger partial charge in [0, 0.05) is 30.8 Å². The highest BCUT2D eigenvalue weighted by Gasteiger charge is 1.94. The summed E-state index contributed by atoms with van der Waals surface area (Å²) in [6.07, 6.45) is 4.07. The lowest BCUT2D eigenvalue weighted by Gasteiger charge is -2.05. The number of hydrogen-bond acceptors (Lipinski definition) is 1. The van der Waals surface area contributed by atoms with Crippen LogP contribution in [0, 0.1) is 0 Å². The molecule has 0 aliphatic rings. The van der Waals surface area contributed by atoms with Crippen molar-refractivity contribution in [2.75, 3.05) is 12.4 Å². The number of aromatic nitrogens is 1. The highest BCUT2D eigenvalue weighted by atomic mass is 14.9. The summed E-state index contributed by atoms with van der Waals surface area (Å²) in [7, 11) is 1.93. The van der Waals surface area contributed by atoms with E-state index in [1.54, 1.807) is 0 Å². The lowest BCUT2D eigenvalue weighted by atomic mass is 10.3. The van der Waals surface area contributed by atoms with Gasteiger partial charge in [-0.25, -0.2) is 0 Å². The molecule has 1 heterocycles. The van der Waals surface area contributed by atoms with Crippen molar-refractivity contribution >= 4 is 5.69 Å². The number of nitrogens with one attached hydrogen (secondary N) is 1. The van der Waals surface area contributed by atoms with E-state index in [0.717, 1.165) is 5.69 Å². The van der Waals surface area contributed by atoms with Crippen LogP contribution in [-0.4, -0.2) is 11.6 Å². The Bertz CT molecular complexity index is 377.